The summed E-state index contributed by atoms with van der Waals surface area (Å²) < 4.78 is 5.47. The Morgan fingerprint density at radius 1 is 1.43 bits per heavy atom. The first-order valence-electron chi connectivity index (χ1n) is 5.58. The molecular formula is C11H20N2O. The van der Waals surface area contributed by atoms with E-state index in [2.05, 4.69) is 11.4 Å². The average Bonchev–Trinajstić information content (AvgIpc) is 2.13. The maximum Gasteiger partial charge on any atom is 0.0621 e. The molecule has 0 bridgehead atoms. The average molecular weight is 196 g/mol. The van der Waals surface area contributed by atoms with Gasteiger partial charge in [0.2, 0.25) is 0 Å². The molecule has 0 aromatic heterocycles. The molecule has 3 nitrogen and oxygen atoms in total. The van der Waals surface area contributed by atoms with Gasteiger partial charge < -0.3 is 10.1 Å². The van der Waals surface area contributed by atoms with Gasteiger partial charge in [-0.15, -0.1) is 0 Å². The molecule has 14 heavy (non-hydrogen) atoms. The standard InChI is InChI=1S/C11H20N2O/c1-2-14-11-8-10(9-11)13-7-5-3-4-6-12/h10-11,13H,2-5,7-9H2,1H3. The summed E-state index contributed by atoms with van der Waals surface area (Å²) in [4.78, 5) is 0. The Kier molecular flexibility index (Phi) is 5.58. The molecule has 1 fully saturated rings. The number of hydrogen-bond acceptors (Lipinski definition) is 3. The molecule has 80 valence electrons. The molecule has 0 spiro atoms. The summed E-state index contributed by atoms with van der Waals surface area (Å²) in [6.07, 6.45) is 5.64. The molecule has 0 atom stereocenters. The Labute approximate surface area is 86.4 Å². The Morgan fingerprint density at radius 3 is 2.86 bits per heavy atom. The molecule has 0 radical (unpaired) electrons. The number of hydrogen-bond donors (Lipinski definition) is 1. The van der Waals surface area contributed by atoms with Crippen LogP contribution in [0.15, 0.2) is 0 Å². The van der Waals surface area contributed by atoms with E-state index in [9.17, 15) is 0 Å². The highest BCUT2D eigenvalue weighted by atomic mass is 16.5. The zero-order valence-electron chi connectivity index (χ0n) is 8.96. The minimum absolute atomic E-state index is 0.497. The summed E-state index contributed by atoms with van der Waals surface area (Å²) in [5, 5.41) is 11.8. The second-order valence-electron chi connectivity index (χ2n) is 3.82. The van der Waals surface area contributed by atoms with Gasteiger partial charge in [0.15, 0.2) is 0 Å². The van der Waals surface area contributed by atoms with E-state index in [0.717, 1.165) is 38.8 Å². The smallest absolute Gasteiger partial charge is 0.0621 e. The van der Waals surface area contributed by atoms with Gasteiger partial charge in [0.05, 0.1) is 12.2 Å². The van der Waals surface area contributed by atoms with Crippen LogP contribution in [0.4, 0.5) is 0 Å². The molecule has 1 rings (SSSR count). The highest BCUT2D eigenvalue weighted by Crippen LogP contribution is 2.22. The van der Waals surface area contributed by atoms with Crippen LogP contribution >= 0.6 is 0 Å². The summed E-state index contributed by atoms with van der Waals surface area (Å²) in [6, 6.07) is 2.82. The van der Waals surface area contributed by atoms with Crippen molar-refractivity contribution in [1.29, 1.82) is 5.26 Å². The van der Waals surface area contributed by atoms with Crippen LogP contribution in [0.25, 0.3) is 0 Å². The van der Waals surface area contributed by atoms with Gasteiger partial charge in [-0.3, -0.25) is 0 Å². The molecule has 3 heteroatoms. The van der Waals surface area contributed by atoms with Gasteiger partial charge in [0, 0.05) is 19.1 Å². The van der Waals surface area contributed by atoms with E-state index in [0.29, 0.717) is 18.6 Å². The van der Waals surface area contributed by atoms with Crippen LogP contribution in [0.5, 0.6) is 0 Å². The molecule has 1 aliphatic carbocycles. The summed E-state index contributed by atoms with van der Waals surface area (Å²) in [7, 11) is 0. The molecule has 0 unspecified atom stereocenters. The van der Waals surface area contributed by atoms with Crippen molar-refractivity contribution in [1.82, 2.24) is 5.32 Å². The van der Waals surface area contributed by atoms with Crippen LogP contribution in [0.2, 0.25) is 0 Å². The van der Waals surface area contributed by atoms with Crippen molar-refractivity contribution in [2.24, 2.45) is 0 Å². The maximum absolute atomic E-state index is 8.34. The third kappa shape index (κ3) is 4.08. The van der Waals surface area contributed by atoms with Crippen molar-refractivity contribution < 1.29 is 4.74 Å². The van der Waals surface area contributed by atoms with Crippen molar-refractivity contribution >= 4 is 0 Å². The fraction of sp³-hybridized carbons (Fsp3) is 0.909. The van der Waals surface area contributed by atoms with Crippen LogP contribution in [0.3, 0.4) is 0 Å². The zero-order chi connectivity index (χ0) is 10.2. The fourth-order valence-electron chi connectivity index (χ4n) is 1.74. The monoisotopic (exact) mass is 196 g/mol. The minimum atomic E-state index is 0.497. The quantitative estimate of drug-likeness (QED) is 0.632. The summed E-state index contributed by atoms with van der Waals surface area (Å²) >= 11 is 0. The van der Waals surface area contributed by atoms with Gasteiger partial charge in [-0.25, -0.2) is 0 Å². The van der Waals surface area contributed by atoms with Crippen LogP contribution in [-0.2, 0) is 4.74 Å². The van der Waals surface area contributed by atoms with Crippen LogP contribution in [-0.4, -0.2) is 25.3 Å². The van der Waals surface area contributed by atoms with E-state index in [4.69, 9.17) is 10.00 Å². The Morgan fingerprint density at radius 2 is 2.21 bits per heavy atom. The van der Waals surface area contributed by atoms with Crippen LogP contribution in [0, 0.1) is 11.3 Å². The van der Waals surface area contributed by atoms with Gasteiger partial charge in [-0.2, -0.15) is 5.26 Å². The van der Waals surface area contributed by atoms with Gasteiger partial charge in [0.25, 0.3) is 0 Å². The molecule has 0 aliphatic heterocycles. The first-order valence-corrected chi connectivity index (χ1v) is 5.58. The van der Waals surface area contributed by atoms with Gasteiger partial charge >= 0.3 is 0 Å². The molecular weight excluding hydrogens is 176 g/mol. The maximum atomic E-state index is 8.34. The normalized spacial score (nSPS) is 25.4. The topological polar surface area (TPSA) is 45.0 Å². The first-order chi connectivity index (χ1) is 6.86. The van der Waals surface area contributed by atoms with Gasteiger partial charge in [-0.1, -0.05) is 0 Å². The number of unbranched alkanes of at least 4 members (excludes halogenated alkanes) is 2. The van der Waals surface area contributed by atoms with Crippen molar-refractivity contribution in [2.45, 2.75) is 51.2 Å². The summed E-state index contributed by atoms with van der Waals surface area (Å²) in [5.74, 6) is 0. The number of nitrogens with one attached hydrogen (secondary N) is 1. The molecule has 1 N–H and O–H groups in total. The molecule has 1 saturated carbocycles. The van der Waals surface area contributed by atoms with Crippen molar-refractivity contribution in [2.75, 3.05) is 13.2 Å². The molecule has 0 aromatic carbocycles. The van der Waals surface area contributed by atoms with Gasteiger partial charge in [-0.05, 0) is 39.2 Å². The number of nitriles is 1. The Balaban J connectivity index is 1.84. The molecule has 0 heterocycles. The third-order valence-corrected chi connectivity index (χ3v) is 2.65. The SMILES string of the molecule is CCOC1CC(NCCCCC#N)C1. The van der Waals surface area contributed by atoms with E-state index in [-0.39, 0.29) is 0 Å². The highest BCUT2D eigenvalue weighted by molar-refractivity contribution is 4.85. The highest BCUT2D eigenvalue weighted by Gasteiger charge is 2.28. The predicted molar refractivity (Wildman–Crippen MR) is 55.9 cm³/mol. The van der Waals surface area contributed by atoms with E-state index in [1.165, 1.54) is 0 Å². The van der Waals surface area contributed by atoms with Crippen molar-refractivity contribution in [3.8, 4) is 6.07 Å². The first kappa shape index (κ1) is 11.5. The van der Waals surface area contributed by atoms with E-state index >= 15 is 0 Å². The van der Waals surface area contributed by atoms with Crippen molar-refractivity contribution in [3.05, 3.63) is 0 Å². The summed E-state index contributed by atoms with van der Waals surface area (Å²) in [6.45, 7) is 3.92. The van der Waals surface area contributed by atoms with Crippen LogP contribution < -0.4 is 5.32 Å². The lowest BCUT2D eigenvalue weighted by atomic mass is 9.89. The van der Waals surface area contributed by atoms with Gasteiger partial charge in [0.1, 0.15) is 0 Å². The van der Waals surface area contributed by atoms with E-state index < -0.39 is 0 Å². The Hall–Kier alpha value is -0.590. The summed E-state index contributed by atoms with van der Waals surface area (Å²) in [5.41, 5.74) is 0. The molecule has 1 aliphatic rings. The fourth-order valence-corrected chi connectivity index (χ4v) is 1.74. The van der Waals surface area contributed by atoms with E-state index in [1.807, 2.05) is 6.92 Å². The number of rotatable bonds is 7. The lowest BCUT2D eigenvalue weighted by molar-refractivity contribution is -0.00974. The van der Waals surface area contributed by atoms with Crippen LogP contribution in [0.1, 0.15) is 39.0 Å². The lowest BCUT2D eigenvalue weighted by Crippen LogP contribution is -2.45. The number of nitrogens with zero attached hydrogens (tertiary/aromatic N) is 1. The second kappa shape index (κ2) is 6.80. The van der Waals surface area contributed by atoms with Crippen molar-refractivity contribution in [3.63, 3.8) is 0 Å². The van der Waals surface area contributed by atoms with E-state index in [1.54, 1.807) is 0 Å². The Bertz CT molecular complexity index is 182. The zero-order valence-corrected chi connectivity index (χ0v) is 8.96. The number of ether oxygens (including phenoxy) is 1. The molecule has 0 saturated heterocycles. The third-order valence-electron chi connectivity index (χ3n) is 2.65. The molecule has 0 aromatic rings. The minimum Gasteiger partial charge on any atom is -0.378 e. The second-order valence-corrected chi connectivity index (χ2v) is 3.82. The molecule has 0 amide bonds. The predicted octanol–water partition coefficient (Wildman–Crippen LogP) is 1.84. The lowest BCUT2D eigenvalue weighted by Gasteiger charge is -2.35. The largest absolute Gasteiger partial charge is 0.378 e.